The molecule has 1 aliphatic rings. The molecule has 2 N–H and O–H groups in total. The van der Waals surface area contributed by atoms with Gasteiger partial charge in [0, 0.05) is 0 Å². The first-order valence-electron chi connectivity index (χ1n) is 5.68. The van der Waals surface area contributed by atoms with Crippen molar-refractivity contribution < 1.29 is 14.6 Å². The van der Waals surface area contributed by atoms with E-state index >= 15 is 0 Å². The Bertz CT molecular complexity index is 206. The lowest BCUT2D eigenvalue weighted by Crippen LogP contribution is -2.46. The summed E-state index contributed by atoms with van der Waals surface area (Å²) in [6, 6.07) is -0.0815. The number of carbonyl (C=O) groups is 1. The minimum absolute atomic E-state index is 0.0621. The van der Waals surface area contributed by atoms with Gasteiger partial charge in [-0.3, -0.25) is 4.79 Å². The van der Waals surface area contributed by atoms with E-state index < -0.39 is 0 Å². The van der Waals surface area contributed by atoms with Crippen molar-refractivity contribution >= 4 is 5.91 Å². The highest BCUT2D eigenvalue weighted by Crippen LogP contribution is 2.18. The van der Waals surface area contributed by atoms with Gasteiger partial charge in [0.1, 0.15) is 6.61 Å². The smallest absolute Gasteiger partial charge is 0.246 e. The number of rotatable bonds is 4. The molecule has 4 heteroatoms. The molecule has 0 heterocycles. The molecule has 1 fully saturated rings. The Morgan fingerprint density at radius 2 is 2.13 bits per heavy atom. The standard InChI is InChI=1S/C11H21NO3/c1-8(2)15-7-11(14)12-9-5-3-4-6-10(9)13/h8-10,13H,3-7H2,1-2H3,(H,12,14). The molecule has 2 unspecified atom stereocenters. The van der Waals surface area contributed by atoms with Crippen LogP contribution in [0.2, 0.25) is 0 Å². The molecule has 0 saturated heterocycles. The van der Waals surface area contributed by atoms with E-state index in [1.54, 1.807) is 0 Å². The molecule has 2 atom stereocenters. The third kappa shape index (κ3) is 4.62. The van der Waals surface area contributed by atoms with Crippen LogP contribution < -0.4 is 5.32 Å². The average molecular weight is 215 g/mol. The topological polar surface area (TPSA) is 58.6 Å². The normalized spacial score (nSPS) is 26.7. The fourth-order valence-electron chi connectivity index (χ4n) is 1.77. The first kappa shape index (κ1) is 12.5. The van der Waals surface area contributed by atoms with Gasteiger partial charge in [0.15, 0.2) is 0 Å². The summed E-state index contributed by atoms with van der Waals surface area (Å²) >= 11 is 0. The van der Waals surface area contributed by atoms with Gasteiger partial charge < -0.3 is 15.2 Å². The number of hydrogen-bond donors (Lipinski definition) is 2. The molecule has 88 valence electrons. The Hall–Kier alpha value is -0.610. The van der Waals surface area contributed by atoms with Gasteiger partial charge in [-0.2, -0.15) is 0 Å². The number of ether oxygens (including phenoxy) is 1. The van der Waals surface area contributed by atoms with E-state index in [0.717, 1.165) is 25.7 Å². The van der Waals surface area contributed by atoms with Crippen LogP contribution >= 0.6 is 0 Å². The first-order valence-corrected chi connectivity index (χ1v) is 5.68. The molecule has 0 aliphatic heterocycles. The van der Waals surface area contributed by atoms with E-state index in [1.807, 2.05) is 13.8 Å². The number of carbonyl (C=O) groups excluding carboxylic acids is 1. The minimum Gasteiger partial charge on any atom is -0.391 e. The predicted octanol–water partition coefficient (Wildman–Crippen LogP) is 0.831. The number of hydrogen-bond acceptors (Lipinski definition) is 3. The summed E-state index contributed by atoms with van der Waals surface area (Å²) in [6.45, 7) is 3.87. The summed E-state index contributed by atoms with van der Waals surface area (Å²) in [4.78, 5) is 11.4. The second kappa shape index (κ2) is 6.08. The van der Waals surface area contributed by atoms with Crippen LogP contribution in [0, 0.1) is 0 Å². The number of aliphatic hydroxyl groups is 1. The van der Waals surface area contributed by atoms with Crippen LogP contribution in [0.3, 0.4) is 0 Å². The summed E-state index contributed by atoms with van der Waals surface area (Å²) in [7, 11) is 0. The van der Waals surface area contributed by atoms with Gasteiger partial charge in [-0.1, -0.05) is 12.8 Å². The largest absolute Gasteiger partial charge is 0.391 e. The molecule has 0 aromatic carbocycles. The molecule has 1 rings (SSSR count). The summed E-state index contributed by atoms with van der Waals surface area (Å²) in [5.74, 6) is -0.130. The summed E-state index contributed by atoms with van der Waals surface area (Å²) in [5, 5.41) is 12.4. The van der Waals surface area contributed by atoms with Gasteiger partial charge in [-0.05, 0) is 26.7 Å². The maximum atomic E-state index is 11.4. The van der Waals surface area contributed by atoms with Crippen molar-refractivity contribution in [3.05, 3.63) is 0 Å². The van der Waals surface area contributed by atoms with Gasteiger partial charge >= 0.3 is 0 Å². The molecular formula is C11H21NO3. The van der Waals surface area contributed by atoms with E-state index in [0.29, 0.717) is 0 Å². The van der Waals surface area contributed by atoms with E-state index in [1.165, 1.54) is 0 Å². The quantitative estimate of drug-likeness (QED) is 0.730. The lowest BCUT2D eigenvalue weighted by molar-refractivity contribution is -0.129. The third-order valence-corrected chi connectivity index (χ3v) is 2.62. The van der Waals surface area contributed by atoms with Crippen LogP contribution in [-0.2, 0) is 9.53 Å². The highest BCUT2D eigenvalue weighted by atomic mass is 16.5. The highest BCUT2D eigenvalue weighted by molar-refractivity contribution is 5.77. The van der Waals surface area contributed by atoms with Crippen LogP contribution in [-0.4, -0.2) is 35.9 Å². The Balaban J connectivity index is 2.24. The highest BCUT2D eigenvalue weighted by Gasteiger charge is 2.24. The Morgan fingerprint density at radius 1 is 1.47 bits per heavy atom. The van der Waals surface area contributed by atoms with Crippen molar-refractivity contribution in [2.24, 2.45) is 0 Å². The summed E-state index contributed by atoms with van der Waals surface area (Å²) < 4.78 is 5.19. The zero-order chi connectivity index (χ0) is 11.3. The molecule has 0 aromatic heterocycles. The molecule has 15 heavy (non-hydrogen) atoms. The van der Waals surface area contributed by atoms with Crippen LogP contribution in [0.4, 0.5) is 0 Å². The van der Waals surface area contributed by atoms with Crippen LogP contribution in [0.1, 0.15) is 39.5 Å². The maximum Gasteiger partial charge on any atom is 0.246 e. The zero-order valence-corrected chi connectivity index (χ0v) is 9.53. The van der Waals surface area contributed by atoms with Crippen molar-refractivity contribution in [2.45, 2.75) is 57.8 Å². The number of amides is 1. The maximum absolute atomic E-state index is 11.4. The number of aliphatic hydroxyl groups excluding tert-OH is 1. The Kier molecular flexibility index (Phi) is 5.05. The molecule has 0 radical (unpaired) electrons. The lowest BCUT2D eigenvalue weighted by atomic mass is 9.92. The van der Waals surface area contributed by atoms with Crippen molar-refractivity contribution in [1.29, 1.82) is 0 Å². The molecule has 1 saturated carbocycles. The fourth-order valence-corrected chi connectivity index (χ4v) is 1.77. The van der Waals surface area contributed by atoms with Gasteiger partial charge in [0.2, 0.25) is 5.91 Å². The lowest BCUT2D eigenvalue weighted by Gasteiger charge is -2.28. The van der Waals surface area contributed by atoms with E-state index in [4.69, 9.17) is 4.74 Å². The van der Waals surface area contributed by atoms with E-state index in [-0.39, 0.29) is 30.8 Å². The average Bonchev–Trinajstić information content (AvgIpc) is 2.18. The molecule has 4 nitrogen and oxygen atoms in total. The van der Waals surface area contributed by atoms with Gasteiger partial charge in [-0.15, -0.1) is 0 Å². The van der Waals surface area contributed by atoms with Crippen LogP contribution in [0.5, 0.6) is 0 Å². The van der Waals surface area contributed by atoms with Gasteiger partial charge in [0.25, 0.3) is 0 Å². The molecular weight excluding hydrogens is 194 g/mol. The number of nitrogens with one attached hydrogen (secondary N) is 1. The Morgan fingerprint density at radius 3 is 2.73 bits per heavy atom. The SMILES string of the molecule is CC(C)OCC(=O)NC1CCCCC1O. The van der Waals surface area contributed by atoms with E-state index in [2.05, 4.69) is 5.32 Å². The summed E-state index contributed by atoms with van der Waals surface area (Å²) in [6.07, 6.45) is 3.46. The van der Waals surface area contributed by atoms with Crippen molar-refractivity contribution in [3.8, 4) is 0 Å². The molecule has 1 aliphatic carbocycles. The second-order valence-electron chi connectivity index (χ2n) is 4.39. The molecule has 0 bridgehead atoms. The summed E-state index contributed by atoms with van der Waals surface area (Å²) in [5.41, 5.74) is 0. The van der Waals surface area contributed by atoms with Crippen molar-refractivity contribution in [1.82, 2.24) is 5.32 Å². The Labute approximate surface area is 91.0 Å². The van der Waals surface area contributed by atoms with Crippen LogP contribution in [0.25, 0.3) is 0 Å². The van der Waals surface area contributed by atoms with Gasteiger partial charge in [0.05, 0.1) is 18.2 Å². The monoisotopic (exact) mass is 215 g/mol. The third-order valence-electron chi connectivity index (χ3n) is 2.62. The van der Waals surface area contributed by atoms with Gasteiger partial charge in [-0.25, -0.2) is 0 Å². The van der Waals surface area contributed by atoms with Crippen molar-refractivity contribution in [3.63, 3.8) is 0 Å². The predicted molar refractivity (Wildman–Crippen MR) is 57.5 cm³/mol. The molecule has 1 amide bonds. The van der Waals surface area contributed by atoms with E-state index in [9.17, 15) is 9.90 Å². The molecule has 0 aromatic rings. The molecule has 0 spiro atoms. The zero-order valence-electron chi connectivity index (χ0n) is 9.53. The minimum atomic E-state index is -0.387. The fraction of sp³-hybridized carbons (Fsp3) is 0.909. The second-order valence-corrected chi connectivity index (χ2v) is 4.39. The van der Waals surface area contributed by atoms with Crippen LogP contribution in [0.15, 0.2) is 0 Å². The van der Waals surface area contributed by atoms with Crippen molar-refractivity contribution in [2.75, 3.05) is 6.61 Å². The first-order chi connectivity index (χ1) is 7.09.